The minimum absolute atomic E-state index is 0.261. The van der Waals surface area contributed by atoms with Gasteiger partial charge in [0.25, 0.3) is 5.91 Å². The fraction of sp³-hybridized carbons (Fsp3) is 0.476. The maximum Gasteiger partial charge on any atom is 0.323 e. The number of benzene rings is 1. The number of aliphatic imine (C=N–C) groups is 1. The Labute approximate surface area is 191 Å². The number of likely N-dealkylation sites (N-methyl/N-ethyl adjacent to an activating group) is 1. The molecule has 1 atom stereocenters. The Kier molecular flexibility index (Phi) is 6.38. The summed E-state index contributed by atoms with van der Waals surface area (Å²) in [5.74, 6) is 0.383. The molecular formula is C21H28N8O2S. The predicted octanol–water partition coefficient (Wildman–Crippen LogP) is 1.51. The number of carbonyl (C=O) groups excluding carboxylic acids is 2. The van der Waals surface area contributed by atoms with Crippen LogP contribution in [0.25, 0.3) is 0 Å². The number of primary amides is 1. The number of urea groups is 1. The summed E-state index contributed by atoms with van der Waals surface area (Å²) in [7, 11) is 2.09. The highest BCUT2D eigenvalue weighted by molar-refractivity contribution is 7.15. The van der Waals surface area contributed by atoms with Gasteiger partial charge in [0.15, 0.2) is 0 Å². The number of para-hydroxylation sites is 1. The van der Waals surface area contributed by atoms with Gasteiger partial charge < -0.3 is 20.4 Å². The number of amides is 3. The molecule has 4 rings (SSSR count). The summed E-state index contributed by atoms with van der Waals surface area (Å²) in [6, 6.07) is 6.98. The third-order valence-corrected chi connectivity index (χ3v) is 6.46. The maximum atomic E-state index is 13.8. The monoisotopic (exact) mass is 456 g/mol. The van der Waals surface area contributed by atoms with Crippen LogP contribution in [0.3, 0.4) is 0 Å². The summed E-state index contributed by atoms with van der Waals surface area (Å²) < 4.78 is 0. The van der Waals surface area contributed by atoms with Crippen molar-refractivity contribution in [3.05, 3.63) is 34.8 Å². The number of aromatic nitrogens is 2. The molecule has 0 radical (unpaired) electrons. The zero-order valence-electron chi connectivity index (χ0n) is 18.6. The molecule has 170 valence electrons. The Balaban J connectivity index is 1.87. The highest BCUT2D eigenvalue weighted by Gasteiger charge is 2.40. The number of piperazine rings is 1. The summed E-state index contributed by atoms with van der Waals surface area (Å²) in [6.45, 7) is 7.60. The highest BCUT2D eigenvalue weighted by Crippen LogP contribution is 2.31. The third kappa shape index (κ3) is 4.17. The van der Waals surface area contributed by atoms with Crippen molar-refractivity contribution in [1.82, 2.24) is 20.0 Å². The zero-order chi connectivity index (χ0) is 22.8. The lowest BCUT2D eigenvalue weighted by molar-refractivity contribution is -0.119. The molecule has 1 unspecified atom stereocenters. The van der Waals surface area contributed by atoms with Crippen LogP contribution in [0.15, 0.2) is 29.3 Å². The van der Waals surface area contributed by atoms with E-state index in [2.05, 4.69) is 27.0 Å². The molecule has 0 spiro atoms. The molecule has 2 N–H and O–H groups in total. The lowest BCUT2D eigenvalue weighted by Crippen LogP contribution is -2.53. The molecule has 2 aliphatic rings. The van der Waals surface area contributed by atoms with E-state index in [0.717, 1.165) is 48.8 Å². The summed E-state index contributed by atoms with van der Waals surface area (Å²) in [5, 5.41) is 9.02. The summed E-state index contributed by atoms with van der Waals surface area (Å²) >= 11 is 1.20. The van der Waals surface area contributed by atoms with Gasteiger partial charge >= 0.3 is 6.03 Å². The van der Waals surface area contributed by atoms with Crippen molar-refractivity contribution in [2.75, 3.05) is 49.6 Å². The van der Waals surface area contributed by atoms with Gasteiger partial charge in [-0.2, -0.15) is 0 Å². The number of benzodiazepines with no additional fused rings is 1. The number of rotatable bonds is 4. The Morgan fingerprint density at radius 1 is 1.22 bits per heavy atom. The quantitative estimate of drug-likeness (QED) is 0.747. The van der Waals surface area contributed by atoms with E-state index in [9.17, 15) is 9.59 Å². The van der Waals surface area contributed by atoms with Gasteiger partial charge in [-0.1, -0.05) is 30.4 Å². The van der Waals surface area contributed by atoms with Crippen molar-refractivity contribution < 1.29 is 9.59 Å². The standard InChI is InChI=1S/C21H28N8O2S/c1-4-9-28-16-8-6-5-7-15(16)17(27-12-10-26(3)11-13-27)23-18(19(28)30)29(20(22)31)21-25-24-14(2)32-21/h5-8,18H,4,9-13H2,1-3H3,(H2,22,31). The number of nitrogens with two attached hydrogens (primary N) is 1. The van der Waals surface area contributed by atoms with Crippen molar-refractivity contribution in [2.45, 2.75) is 26.4 Å². The first-order chi connectivity index (χ1) is 15.4. The lowest BCUT2D eigenvalue weighted by Gasteiger charge is -2.35. The van der Waals surface area contributed by atoms with Crippen molar-refractivity contribution in [1.29, 1.82) is 0 Å². The molecule has 32 heavy (non-hydrogen) atoms. The van der Waals surface area contributed by atoms with E-state index in [1.54, 1.807) is 11.8 Å². The average molecular weight is 457 g/mol. The second-order valence-corrected chi connectivity index (χ2v) is 9.10. The molecular weight excluding hydrogens is 428 g/mol. The summed E-state index contributed by atoms with van der Waals surface area (Å²) in [5.41, 5.74) is 7.42. The summed E-state index contributed by atoms with van der Waals surface area (Å²) in [6.07, 6.45) is -0.404. The molecule has 3 amide bonds. The average Bonchev–Trinajstić information content (AvgIpc) is 3.16. The minimum Gasteiger partial charge on any atom is -0.354 e. The number of nitrogens with zero attached hydrogens (tertiary/aromatic N) is 7. The topological polar surface area (TPSA) is 111 Å². The van der Waals surface area contributed by atoms with Gasteiger partial charge in [-0.05, 0) is 32.5 Å². The van der Waals surface area contributed by atoms with Gasteiger partial charge in [0, 0.05) is 38.3 Å². The first-order valence-corrected chi connectivity index (χ1v) is 11.5. The second kappa shape index (κ2) is 9.21. The van der Waals surface area contributed by atoms with Crippen LogP contribution in [0.5, 0.6) is 0 Å². The molecule has 0 saturated carbocycles. The van der Waals surface area contributed by atoms with Crippen molar-refractivity contribution in [3.8, 4) is 0 Å². The molecule has 11 heteroatoms. The number of hydrogen-bond donors (Lipinski definition) is 1. The molecule has 2 aliphatic heterocycles. The van der Waals surface area contributed by atoms with Crippen molar-refractivity contribution in [3.63, 3.8) is 0 Å². The van der Waals surface area contributed by atoms with Crippen LogP contribution in [0.4, 0.5) is 15.6 Å². The summed E-state index contributed by atoms with van der Waals surface area (Å²) in [4.78, 5) is 38.5. The fourth-order valence-corrected chi connectivity index (χ4v) is 4.71. The zero-order valence-corrected chi connectivity index (χ0v) is 19.4. The molecule has 1 aromatic carbocycles. The van der Waals surface area contributed by atoms with Crippen LogP contribution in [0, 0.1) is 6.92 Å². The molecule has 1 fully saturated rings. The number of amidine groups is 1. The number of anilines is 2. The van der Waals surface area contributed by atoms with E-state index in [4.69, 9.17) is 10.7 Å². The van der Waals surface area contributed by atoms with Crippen molar-refractivity contribution >= 4 is 39.9 Å². The predicted molar refractivity (Wildman–Crippen MR) is 125 cm³/mol. The molecule has 10 nitrogen and oxygen atoms in total. The number of aryl methyl sites for hydroxylation is 1. The van der Waals surface area contributed by atoms with E-state index in [1.165, 1.54) is 11.3 Å². The van der Waals surface area contributed by atoms with Gasteiger partial charge in [-0.15, -0.1) is 10.2 Å². The smallest absolute Gasteiger partial charge is 0.323 e. The van der Waals surface area contributed by atoms with Crippen LogP contribution in [-0.2, 0) is 4.79 Å². The molecule has 0 bridgehead atoms. The van der Waals surface area contributed by atoms with Gasteiger partial charge in [0.2, 0.25) is 11.3 Å². The normalized spacial score (nSPS) is 19.4. The van der Waals surface area contributed by atoms with Crippen molar-refractivity contribution in [2.24, 2.45) is 10.7 Å². The Morgan fingerprint density at radius 3 is 2.56 bits per heavy atom. The second-order valence-electron chi connectivity index (χ2n) is 7.94. The van der Waals surface area contributed by atoms with Crippen LogP contribution in [0.1, 0.15) is 23.9 Å². The highest BCUT2D eigenvalue weighted by atomic mass is 32.1. The van der Waals surface area contributed by atoms with E-state index < -0.39 is 12.2 Å². The van der Waals surface area contributed by atoms with E-state index in [1.807, 2.05) is 31.2 Å². The molecule has 2 aromatic rings. The Hall–Kier alpha value is -3.05. The molecule has 1 aromatic heterocycles. The minimum atomic E-state index is -1.16. The first kappa shape index (κ1) is 22.2. The Bertz CT molecular complexity index is 1030. The van der Waals surface area contributed by atoms with Crippen LogP contribution < -0.4 is 15.5 Å². The van der Waals surface area contributed by atoms with Crippen LogP contribution >= 0.6 is 11.3 Å². The third-order valence-electron chi connectivity index (χ3n) is 5.62. The van der Waals surface area contributed by atoms with Gasteiger partial charge in [0.05, 0.1) is 5.69 Å². The number of hydrogen-bond acceptors (Lipinski definition) is 8. The van der Waals surface area contributed by atoms with Crippen LogP contribution in [0.2, 0.25) is 0 Å². The maximum absolute atomic E-state index is 13.8. The van der Waals surface area contributed by atoms with E-state index >= 15 is 0 Å². The molecule has 1 saturated heterocycles. The van der Waals surface area contributed by atoms with Crippen LogP contribution in [-0.4, -0.2) is 83.7 Å². The fourth-order valence-electron chi connectivity index (χ4n) is 3.99. The van der Waals surface area contributed by atoms with E-state index in [-0.39, 0.29) is 11.0 Å². The SMILES string of the molecule is CCCN1C(=O)C(N(C(N)=O)c2nnc(C)s2)N=C(N2CCN(C)CC2)c2ccccc21. The van der Waals surface area contributed by atoms with Gasteiger partial charge in [0.1, 0.15) is 10.8 Å². The Morgan fingerprint density at radius 2 is 1.94 bits per heavy atom. The largest absolute Gasteiger partial charge is 0.354 e. The first-order valence-electron chi connectivity index (χ1n) is 10.7. The van der Waals surface area contributed by atoms with E-state index in [0.29, 0.717) is 17.4 Å². The number of carbonyl (C=O) groups is 2. The van der Waals surface area contributed by atoms with Gasteiger partial charge in [-0.25, -0.2) is 14.7 Å². The molecule has 0 aliphatic carbocycles. The lowest BCUT2D eigenvalue weighted by atomic mass is 10.1. The van der Waals surface area contributed by atoms with Gasteiger partial charge in [-0.3, -0.25) is 4.79 Å². The molecule has 3 heterocycles. The number of fused-ring (bicyclic) bond motifs is 1.